The van der Waals surface area contributed by atoms with Gasteiger partial charge in [-0.3, -0.25) is 9.48 Å². The largest absolute Gasteiger partial charge is 0.416 e. The second-order valence-corrected chi connectivity index (χ2v) is 10.9. The molecule has 1 aliphatic carbocycles. The van der Waals surface area contributed by atoms with E-state index in [-0.39, 0.29) is 17.7 Å². The number of hydrogen-bond donors (Lipinski definition) is 2. The van der Waals surface area contributed by atoms with Gasteiger partial charge in [0.15, 0.2) is 0 Å². The minimum atomic E-state index is -4.97. The third-order valence-corrected chi connectivity index (χ3v) is 8.11. The van der Waals surface area contributed by atoms with Crippen molar-refractivity contribution in [1.82, 2.24) is 20.0 Å². The van der Waals surface area contributed by atoms with Crippen molar-refractivity contribution in [3.63, 3.8) is 0 Å². The second-order valence-electron chi connectivity index (χ2n) is 10.9. The van der Waals surface area contributed by atoms with Crippen LogP contribution in [0.15, 0.2) is 36.7 Å². The van der Waals surface area contributed by atoms with Gasteiger partial charge in [-0.2, -0.15) is 31.4 Å². The van der Waals surface area contributed by atoms with Crippen molar-refractivity contribution < 1.29 is 36.2 Å². The summed E-state index contributed by atoms with van der Waals surface area (Å²) in [6, 6.07) is 3.46. The average molecular weight is 547 g/mol. The molecule has 2 aliphatic rings. The molecule has 12 heteroatoms. The lowest BCUT2D eigenvalue weighted by Gasteiger charge is -2.41. The maximum Gasteiger partial charge on any atom is 0.416 e. The van der Waals surface area contributed by atoms with E-state index in [1.165, 1.54) is 13.8 Å². The summed E-state index contributed by atoms with van der Waals surface area (Å²) in [5, 5.41) is 17.9. The Morgan fingerprint density at radius 1 is 1.03 bits per heavy atom. The van der Waals surface area contributed by atoms with Gasteiger partial charge in [0.25, 0.3) is 0 Å². The molecule has 1 saturated heterocycles. The lowest BCUT2D eigenvalue weighted by Crippen LogP contribution is -2.53. The van der Waals surface area contributed by atoms with E-state index in [0.717, 1.165) is 25.9 Å². The van der Waals surface area contributed by atoms with E-state index in [1.54, 1.807) is 6.20 Å². The van der Waals surface area contributed by atoms with E-state index in [1.807, 2.05) is 16.9 Å². The summed E-state index contributed by atoms with van der Waals surface area (Å²) in [4.78, 5) is 15.7. The van der Waals surface area contributed by atoms with Gasteiger partial charge in [-0.05, 0) is 75.8 Å². The van der Waals surface area contributed by atoms with Crippen LogP contribution < -0.4 is 5.32 Å². The standard InChI is InChI=1S/C26H32F6N4O2/c1-23(2,38)24(7-4-21(15-24)35-10-5-20(6-11-35)36-9-3-8-34-36)22(37)33-16-17-12-18(25(27,28)29)14-19(13-17)26(30,31)32/h3,8-9,12-14,20-21,38H,4-7,10-11,15-16H2,1-2H3,(H,33,37)/t21-,24-/m1/s1. The highest BCUT2D eigenvalue weighted by molar-refractivity contribution is 5.84. The number of piperidine rings is 1. The summed E-state index contributed by atoms with van der Waals surface area (Å²) in [7, 11) is 0. The number of alkyl halides is 6. The van der Waals surface area contributed by atoms with Gasteiger partial charge in [0.05, 0.1) is 28.2 Å². The van der Waals surface area contributed by atoms with Crippen molar-refractivity contribution in [2.75, 3.05) is 13.1 Å². The molecule has 0 spiro atoms. The molecule has 2 heterocycles. The molecular weight excluding hydrogens is 514 g/mol. The Morgan fingerprint density at radius 2 is 1.63 bits per heavy atom. The average Bonchev–Trinajstić information content (AvgIpc) is 3.52. The number of rotatable bonds is 6. The summed E-state index contributed by atoms with van der Waals surface area (Å²) >= 11 is 0. The fourth-order valence-corrected chi connectivity index (χ4v) is 5.86. The fraction of sp³-hybridized carbons (Fsp3) is 0.615. The molecule has 0 radical (unpaired) electrons. The van der Waals surface area contributed by atoms with Crippen molar-refractivity contribution in [3.8, 4) is 0 Å². The number of aliphatic hydroxyl groups is 1. The molecule has 1 aromatic heterocycles. The summed E-state index contributed by atoms with van der Waals surface area (Å²) < 4.78 is 81.3. The second kappa shape index (κ2) is 10.2. The van der Waals surface area contributed by atoms with Crippen LogP contribution >= 0.6 is 0 Å². The highest BCUT2D eigenvalue weighted by Crippen LogP contribution is 2.49. The van der Waals surface area contributed by atoms with Crippen molar-refractivity contribution in [2.45, 2.75) is 82.5 Å². The lowest BCUT2D eigenvalue weighted by molar-refractivity contribution is -0.147. The molecule has 1 aliphatic heterocycles. The van der Waals surface area contributed by atoms with E-state index in [2.05, 4.69) is 15.3 Å². The smallest absolute Gasteiger partial charge is 0.389 e. The van der Waals surface area contributed by atoms with Crippen LogP contribution in [-0.4, -0.2) is 50.4 Å². The van der Waals surface area contributed by atoms with Gasteiger partial charge >= 0.3 is 12.4 Å². The van der Waals surface area contributed by atoms with Gasteiger partial charge in [0.1, 0.15) is 0 Å². The van der Waals surface area contributed by atoms with Crippen LogP contribution in [0.3, 0.4) is 0 Å². The number of nitrogens with zero attached hydrogens (tertiary/aromatic N) is 3. The number of hydrogen-bond acceptors (Lipinski definition) is 4. The van der Waals surface area contributed by atoms with E-state index in [0.29, 0.717) is 37.4 Å². The Kier molecular flexibility index (Phi) is 7.61. The number of halogens is 6. The quantitative estimate of drug-likeness (QED) is 0.490. The molecule has 6 nitrogen and oxygen atoms in total. The van der Waals surface area contributed by atoms with Crippen molar-refractivity contribution in [3.05, 3.63) is 53.3 Å². The van der Waals surface area contributed by atoms with Crippen LogP contribution in [0.4, 0.5) is 26.3 Å². The topological polar surface area (TPSA) is 70.4 Å². The molecule has 4 rings (SSSR count). The van der Waals surface area contributed by atoms with Crippen LogP contribution in [0.25, 0.3) is 0 Å². The summed E-state index contributed by atoms with van der Waals surface area (Å²) in [5.74, 6) is -0.579. The minimum absolute atomic E-state index is 0.0242. The molecule has 2 N–H and O–H groups in total. The van der Waals surface area contributed by atoms with Crippen LogP contribution in [0.2, 0.25) is 0 Å². The molecule has 0 bridgehead atoms. The first-order valence-electron chi connectivity index (χ1n) is 12.6. The molecule has 1 saturated carbocycles. The molecule has 0 unspecified atom stereocenters. The molecule has 1 aromatic carbocycles. The zero-order valence-electron chi connectivity index (χ0n) is 21.2. The van der Waals surface area contributed by atoms with E-state index in [9.17, 15) is 36.2 Å². The molecule has 1 amide bonds. The zero-order valence-corrected chi connectivity index (χ0v) is 21.2. The van der Waals surface area contributed by atoms with E-state index < -0.39 is 46.9 Å². The molecule has 2 fully saturated rings. The SMILES string of the molecule is CC(C)(O)[C@]1(C(=O)NCc2cc(C(F)(F)F)cc(C(F)(F)F)c2)CC[C@@H](N2CCC(n3cccn3)CC2)C1. The Bertz CT molecular complexity index is 1090. The first-order chi connectivity index (χ1) is 17.6. The minimum Gasteiger partial charge on any atom is -0.389 e. The van der Waals surface area contributed by atoms with Gasteiger partial charge in [0, 0.05) is 38.1 Å². The van der Waals surface area contributed by atoms with Gasteiger partial charge in [0.2, 0.25) is 5.91 Å². The number of carbonyl (C=O) groups is 1. The lowest BCUT2D eigenvalue weighted by atomic mass is 9.71. The highest BCUT2D eigenvalue weighted by atomic mass is 19.4. The predicted octanol–water partition coefficient (Wildman–Crippen LogP) is 5.18. The monoisotopic (exact) mass is 546 g/mol. The van der Waals surface area contributed by atoms with Crippen molar-refractivity contribution >= 4 is 5.91 Å². The maximum absolute atomic E-state index is 13.4. The maximum atomic E-state index is 13.4. The number of nitrogens with one attached hydrogen (secondary N) is 1. The van der Waals surface area contributed by atoms with Gasteiger partial charge in [-0.1, -0.05) is 0 Å². The molecule has 38 heavy (non-hydrogen) atoms. The number of amides is 1. The Hall–Kier alpha value is -2.60. The number of benzene rings is 1. The molecule has 2 aromatic rings. The normalized spacial score (nSPS) is 24.1. The van der Waals surface area contributed by atoms with E-state index in [4.69, 9.17) is 0 Å². The summed E-state index contributed by atoms with van der Waals surface area (Å²) in [5.41, 5.74) is -5.88. The van der Waals surface area contributed by atoms with Crippen LogP contribution in [-0.2, 0) is 23.7 Å². The highest BCUT2D eigenvalue weighted by Gasteiger charge is 2.55. The number of carbonyl (C=O) groups excluding carboxylic acids is 1. The fourth-order valence-electron chi connectivity index (χ4n) is 5.86. The van der Waals surface area contributed by atoms with Gasteiger partial charge < -0.3 is 15.3 Å². The van der Waals surface area contributed by atoms with Crippen LogP contribution in [0, 0.1) is 5.41 Å². The molecule has 210 valence electrons. The van der Waals surface area contributed by atoms with Crippen molar-refractivity contribution in [2.24, 2.45) is 5.41 Å². The van der Waals surface area contributed by atoms with Gasteiger partial charge in [-0.25, -0.2) is 0 Å². The zero-order chi connectivity index (χ0) is 27.9. The van der Waals surface area contributed by atoms with E-state index >= 15 is 0 Å². The first kappa shape index (κ1) is 28.4. The van der Waals surface area contributed by atoms with Crippen LogP contribution in [0.1, 0.15) is 68.7 Å². The summed E-state index contributed by atoms with van der Waals surface area (Å²) in [6.45, 7) is 4.10. The Labute approximate surface area is 217 Å². The third-order valence-electron chi connectivity index (χ3n) is 8.11. The molecule has 2 atom stereocenters. The first-order valence-corrected chi connectivity index (χ1v) is 12.6. The Morgan fingerprint density at radius 3 is 2.13 bits per heavy atom. The third kappa shape index (κ3) is 5.85. The molecular formula is C26H32F6N4O2. The van der Waals surface area contributed by atoms with Crippen LogP contribution in [0.5, 0.6) is 0 Å². The summed E-state index contributed by atoms with van der Waals surface area (Å²) in [6.07, 6.45) is -3.17. The van der Waals surface area contributed by atoms with Gasteiger partial charge in [-0.15, -0.1) is 0 Å². The van der Waals surface area contributed by atoms with Crippen molar-refractivity contribution in [1.29, 1.82) is 0 Å². The number of likely N-dealkylation sites (tertiary alicyclic amines) is 1. The number of aromatic nitrogens is 2. The predicted molar refractivity (Wildman–Crippen MR) is 127 cm³/mol. The Balaban J connectivity index is 1.46.